The van der Waals surface area contributed by atoms with Crippen molar-refractivity contribution in [3.8, 4) is 5.69 Å². The first-order valence-electron chi connectivity index (χ1n) is 6.98. The molecule has 1 aromatic carbocycles. The number of thioether (sulfide) groups is 1. The van der Waals surface area contributed by atoms with Crippen LogP contribution in [0.3, 0.4) is 0 Å². The summed E-state index contributed by atoms with van der Waals surface area (Å²) in [4.78, 5) is 14.2. The lowest BCUT2D eigenvalue weighted by molar-refractivity contribution is 0.0600. The zero-order valence-corrected chi connectivity index (χ0v) is 12.8. The van der Waals surface area contributed by atoms with E-state index in [-0.39, 0.29) is 5.97 Å². The van der Waals surface area contributed by atoms with E-state index in [2.05, 4.69) is 4.90 Å². The first-order valence-corrected chi connectivity index (χ1v) is 8.13. The molecule has 1 fully saturated rings. The number of esters is 1. The molecule has 0 saturated carbocycles. The van der Waals surface area contributed by atoms with E-state index in [1.165, 1.54) is 12.8 Å². The predicted octanol–water partition coefficient (Wildman–Crippen LogP) is 2.82. The summed E-state index contributed by atoms with van der Waals surface area (Å²) in [6.45, 7) is 2.08. The number of nitrogens with zero attached hydrogens (tertiary/aromatic N) is 2. The van der Waals surface area contributed by atoms with E-state index in [0.29, 0.717) is 5.56 Å². The van der Waals surface area contributed by atoms with Crippen molar-refractivity contribution in [1.82, 2.24) is 4.57 Å². The van der Waals surface area contributed by atoms with Crippen LogP contribution in [0.1, 0.15) is 10.4 Å². The van der Waals surface area contributed by atoms with Gasteiger partial charge in [-0.25, -0.2) is 4.79 Å². The summed E-state index contributed by atoms with van der Waals surface area (Å²) < 4.78 is 6.87. The number of hydrogen-bond donors (Lipinski definition) is 0. The fourth-order valence-corrected chi connectivity index (χ4v) is 3.44. The largest absolute Gasteiger partial charge is 0.465 e. The van der Waals surface area contributed by atoms with Crippen molar-refractivity contribution in [3.63, 3.8) is 0 Å². The average Bonchev–Trinajstić information content (AvgIpc) is 3.09. The van der Waals surface area contributed by atoms with Crippen molar-refractivity contribution >= 4 is 23.4 Å². The third kappa shape index (κ3) is 2.93. The molecule has 2 aromatic rings. The van der Waals surface area contributed by atoms with E-state index in [4.69, 9.17) is 4.74 Å². The second-order valence-corrected chi connectivity index (χ2v) is 6.11. The van der Waals surface area contributed by atoms with Crippen LogP contribution in [0.2, 0.25) is 0 Å². The van der Waals surface area contributed by atoms with E-state index in [1.54, 1.807) is 0 Å². The third-order valence-electron chi connectivity index (χ3n) is 3.63. The Morgan fingerprint density at radius 2 is 1.86 bits per heavy atom. The van der Waals surface area contributed by atoms with E-state index in [0.717, 1.165) is 30.3 Å². The van der Waals surface area contributed by atoms with E-state index < -0.39 is 0 Å². The molecule has 1 saturated heterocycles. The minimum atomic E-state index is -0.302. The number of hydrogen-bond acceptors (Lipinski definition) is 4. The minimum absolute atomic E-state index is 0.302. The van der Waals surface area contributed by atoms with Gasteiger partial charge in [0.15, 0.2) is 0 Å². The summed E-state index contributed by atoms with van der Waals surface area (Å²) in [5.74, 6) is 1.98. The summed E-state index contributed by atoms with van der Waals surface area (Å²) in [5, 5.41) is 0. The smallest absolute Gasteiger partial charge is 0.337 e. The Balaban J connectivity index is 2.04. The molecule has 0 aliphatic carbocycles. The van der Waals surface area contributed by atoms with Gasteiger partial charge >= 0.3 is 5.97 Å². The highest BCUT2D eigenvalue weighted by molar-refractivity contribution is 7.99. The first kappa shape index (κ1) is 14.1. The molecule has 0 radical (unpaired) electrons. The maximum Gasteiger partial charge on any atom is 0.337 e. The monoisotopic (exact) mass is 302 g/mol. The molecule has 0 amide bonds. The second-order valence-electron chi connectivity index (χ2n) is 4.88. The van der Waals surface area contributed by atoms with Gasteiger partial charge < -0.3 is 14.2 Å². The van der Waals surface area contributed by atoms with Crippen LogP contribution in [0, 0.1) is 0 Å². The summed E-state index contributed by atoms with van der Waals surface area (Å²) in [6.07, 6.45) is 4.00. The number of methoxy groups -OCH3 is 1. The number of ether oxygens (including phenoxy) is 1. The van der Waals surface area contributed by atoms with Crippen LogP contribution >= 0.6 is 11.8 Å². The SMILES string of the molecule is COC(=O)c1ccc(N2CCSCC2)c(-n2cccc2)c1. The minimum Gasteiger partial charge on any atom is -0.465 e. The van der Waals surface area contributed by atoms with Crippen molar-refractivity contribution in [2.45, 2.75) is 0 Å². The van der Waals surface area contributed by atoms with Crippen LogP contribution in [0.4, 0.5) is 5.69 Å². The Labute approximate surface area is 128 Å². The van der Waals surface area contributed by atoms with Gasteiger partial charge in [0.25, 0.3) is 0 Å². The highest BCUT2D eigenvalue weighted by atomic mass is 32.2. The lowest BCUT2D eigenvalue weighted by Crippen LogP contribution is -2.33. The number of aromatic nitrogens is 1. The average molecular weight is 302 g/mol. The molecule has 1 aliphatic heterocycles. The highest BCUT2D eigenvalue weighted by Crippen LogP contribution is 2.28. The Hall–Kier alpha value is -1.88. The zero-order valence-electron chi connectivity index (χ0n) is 12.0. The van der Waals surface area contributed by atoms with Crippen LogP contribution in [-0.4, -0.2) is 42.2 Å². The first-order chi connectivity index (χ1) is 10.3. The maximum atomic E-state index is 11.8. The molecule has 1 aliphatic rings. The van der Waals surface area contributed by atoms with Crippen molar-refractivity contribution in [2.75, 3.05) is 36.6 Å². The second kappa shape index (κ2) is 6.26. The lowest BCUT2D eigenvalue weighted by Gasteiger charge is -2.30. The topological polar surface area (TPSA) is 34.5 Å². The Kier molecular flexibility index (Phi) is 4.20. The fraction of sp³-hybridized carbons (Fsp3) is 0.312. The molecular formula is C16H18N2O2S. The summed E-state index contributed by atoms with van der Waals surface area (Å²) in [5.41, 5.74) is 2.77. The van der Waals surface area contributed by atoms with Gasteiger partial charge in [-0.2, -0.15) is 11.8 Å². The van der Waals surface area contributed by atoms with Gasteiger partial charge in [-0.3, -0.25) is 0 Å². The van der Waals surface area contributed by atoms with Gasteiger partial charge in [0.1, 0.15) is 0 Å². The van der Waals surface area contributed by atoms with Crippen molar-refractivity contribution in [3.05, 3.63) is 48.3 Å². The molecule has 110 valence electrons. The van der Waals surface area contributed by atoms with Crippen LogP contribution in [0.5, 0.6) is 0 Å². The molecular weight excluding hydrogens is 284 g/mol. The molecule has 0 atom stereocenters. The molecule has 3 rings (SSSR count). The van der Waals surface area contributed by atoms with Gasteiger partial charge in [-0.1, -0.05) is 0 Å². The molecule has 1 aromatic heterocycles. The predicted molar refractivity (Wildman–Crippen MR) is 86.6 cm³/mol. The van der Waals surface area contributed by atoms with Crippen molar-refractivity contribution in [2.24, 2.45) is 0 Å². The Morgan fingerprint density at radius 1 is 1.14 bits per heavy atom. The standard InChI is InChI=1S/C16H18N2O2S/c1-20-16(19)13-4-5-14(18-8-10-21-11-9-18)15(12-13)17-6-2-3-7-17/h2-7,12H,8-11H2,1H3. The van der Waals surface area contributed by atoms with Crippen LogP contribution in [0.15, 0.2) is 42.7 Å². The third-order valence-corrected chi connectivity index (χ3v) is 4.57. The van der Waals surface area contributed by atoms with E-state index >= 15 is 0 Å². The maximum absolute atomic E-state index is 11.8. The molecule has 0 N–H and O–H groups in total. The summed E-state index contributed by atoms with van der Waals surface area (Å²) in [7, 11) is 1.41. The Morgan fingerprint density at radius 3 is 2.52 bits per heavy atom. The number of carbonyl (C=O) groups is 1. The fourth-order valence-electron chi connectivity index (χ4n) is 2.54. The molecule has 21 heavy (non-hydrogen) atoms. The molecule has 0 unspecified atom stereocenters. The number of carbonyl (C=O) groups excluding carboxylic acids is 1. The highest BCUT2D eigenvalue weighted by Gasteiger charge is 2.17. The van der Waals surface area contributed by atoms with Crippen LogP contribution in [0.25, 0.3) is 5.69 Å². The van der Waals surface area contributed by atoms with Crippen LogP contribution in [-0.2, 0) is 4.74 Å². The summed E-state index contributed by atoms with van der Waals surface area (Å²) >= 11 is 1.99. The number of benzene rings is 1. The van der Waals surface area contributed by atoms with Gasteiger partial charge in [0.2, 0.25) is 0 Å². The molecule has 4 nitrogen and oxygen atoms in total. The number of anilines is 1. The quantitative estimate of drug-likeness (QED) is 0.817. The van der Waals surface area contributed by atoms with Gasteiger partial charge in [-0.15, -0.1) is 0 Å². The zero-order chi connectivity index (χ0) is 14.7. The molecule has 0 spiro atoms. The molecule has 2 heterocycles. The molecule has 0 bridgehead atoms. The lowest BCUT2D eigenvalue weighted by atomic mass is 10.1. The number of rotatable bonds is 3. The van der Waals surface area contributed by atoms with Crippen molar-refractivity contribution in [1.29, 1.82) is 0 Å². The van der Waals surface area contributed by atoms with Gasteiger partial charge in [0, 0.05) is 37.0 Å². The van der Waals surface area contributed by atoms with Gasteiger partial charge in [-0.05, 0) is 30.3 Å². The van der Waals surface area contributed by atoms with E-state index in [1.807, 2.05) is 59.1 Å². The van der Waals surface area contributed by atoms with Crippen molar-refractivity contribution < 1.29 is 9.53 Å². The molecule has 5 heteroatoms. The van der Waals surface area contributed by atoms with Gasteiger partial charge in [0.05, 0.1) is 24.0 Å². The van der Waals surface area contributed by atoms with E-state index in [9.17, 15) is 4.79 Å². The summed E-state index contributed by atoms with van der Waals surface area (Å²) in [6, 6.07) is 9.75. The van der Waals surface area contributed by atoms with Crippen LogP contribution < -0.4 is 4.90 Å². The normalized spacial score (nSPS) is 15.0. The Bertz CT molecular complexity index is 619.